The van der Waals surface area contributed by atoms with Gasteiger partial charge in [0.2, 0.25) is 11.9 Å². The molecular formula is C23H29N7O3S. The van der Waals surface area contributed by atoms with Crippen LogP contribution >= 0.6 is 11.8 Å². The maximum atomic E-state index is 13.0. The molecule has 3 aromatic rings. The summed E-state index contributed by atoms with van der Waals surface area (Å²) < 4.78 is 11.0. The van der Waals surface area contributed by atoms with Gasteiger partial charge in [0.25, 0.3) is 5.56 Å². The highest BCUT2D eigenvalue weighted by molar-refractivity contribution is 7.99. The highest BCUT2D eigenvalue weighted by Crippen LogP contribution is 2.41. The fourth-order valence-corrected chi connectivity index (χ4v) is 5.09. The van der Waals surface area contributed by atoms with E-state index in [4.69, 9.17) is 4.74 Å². The lowest BCUT2D eigenvalue weighted by molar-refractivity contribution is -0.115. The predicted molar refractivity (Wildman–Crippen MR) is 131 cm³/mol. The van der Waals surface area contributed by atoms with Crippen molar-refractivity contribution in [3.63, 3.8) is 0 Å². The molecule has 3 heterocycles. The van der Waals surface area contributed by atoms with Crippen LogP contribution in [0, 0.1) is 6.92 Å². The highest BCUT2D eigenvalue weighted by Gasteiger charge is 2.32. The SMILES string of the molecule is Cc1c(NC(=O)CCSc2nnc(N3CCOCC3)n2C2CC2)c(=O)n(-c2ccccc2)n1C. The van der Waals surface area contributed by atoms with Crippen molar-refractivity contribution in [1.29, 1.82) is 0 Å². The number of carbonyl (C=O) groups is 1. The molecule has 0 unspecified atom stereocenters. The molecule has 2 fully saturated rings. The third kappa shape index (κ3) is 4.49. The van der Waals surface area contributed by atoms with Crippen molar-refractivity contribution in [3.05, 3.63) is 46.4 Å². The summed E-state index contributed by atoms with van der Waals surface area (Å²) in [7, 11) is 1.81. The van der Waals surface area contributed by atoms with Crippen LogP contribution < -0.4 is 15.8 Å². The van der Waals surface area contributed by atoms with Gasteiger partial charge in [0.1, 0.15) is 5.69 Å². The average Bonchev–Trinajstić information content (AvgIpc) is 3.58. The van der Waals surface area contributed by atoms with Crippen LogP contribution in [-0.4, -0.2) is 62.1 Å². The first-order valence-corrected chi connectivity index (χ1v) is 12.6. The van der Waals surface area contributed by atoms with Gasteiger partial charge in [0, 0.05) is 38.4 Å². The Labute approximate surface area is 201 Å². The second-order valence-corrected chi connectivity index (χ2v) is 9.63. The van der Waals surface area contributed by atoms with Gasteiger partial charge >= 0.3 is 0 Å². The van der Waals surface area contributed by atoms with Crippen molar-refractivity contribution in [3.8, 4) is 5.69 Å². The van der Waals surface area contributed by atoms with E-state index in [0.29, 0.717) is 36.4 Å². The molecule has 2 aliphatic rings. The van der Waals surface area contributed by atoms with Crippen LogP contribution in [0.1, 0.15) is 31.0 Å². The van der Waals surface area contributed by atoms with Crippen molar-refractivity contribution >= 4 is 29.3 Å². The standard InChI is InChI=1S/C23H29N7O3S/c1-16-20(21(32)30(27(16)2)18-6-4-3-5-7-18)24-19(31)10-15-34-23-26-25-22(29(23)17-8-9-17)28-11-13-33-14-12-28/h3-7,17H,8-15H2,1-2H3,(H,24,31). The van der Waals surface area contributed by atoms with Gasteiger partial charge in [-0.3, -0.25) is 18.8 Å². The van der Waals surface area contributed by atoms with Gasteiger partial charge in [-0.2, -0.15) is 0 Å². The van der Waals surface area contributed by atoms with Crippen LogP contribution in [0.5, 0.6) is 0 Å². The summed E-state index contributed by atoms with van der Waals surface area (Å²) in [5, 5.41) is 12.5. The summed E-state index contributed by atoms with van der Waals surface area (Å²) in [5.41, 5.74) is 1.54. The van der Waals surface area contributed by atoms with E-state index in [-0.39, 0.29) is 17.9 Å². The first-order valence-electron chi connectivity index (χ1n) is 11.6. The third-order valence-corrected chi connectivity index (χ3v) is 7.18. The summed E-state index contributed by atoms with van der Waals surface area (Å²) in [6.07, 6.45) is 2.53. The molecule has 1 saturated carbocycles. The van der Waals surface area contributed by atoms with Crippen molar-refractivity contribution in [2.75, 3.05) is 42.3 Å². The summed E-state index contributed by atoms with van der Waals surface area (Å²) in [6, 6.07) is 9.83. The second kappa shape index (κ2) is 9.67. The monoisotopic (exact) mass is 483 g/mol. The molecule has 5 rings (SSSR count). The van der Waals surface area contributed by atoms with Crippen molar-refractivity contribution in [1.82, 2.24) is 24.1 Å². The molecule has 11 heteroatoms. The molecule has 1 aromatic carbocycles. The number of nitrogens with zero attached hydrogens (tertiary/aromatic N) is 6. The Balaban J connectivity index is 1.24. The Morgan fingerprint density at radius 1 is 1.18 bits per heavy atom. The van der Waals surface area contributed by atoms with Gasteiger partial charge in [-0.15, -0.1) is 10.2 Å². The molecule has 2 aromatic heterocycles. The number of para-hydroxylation sites is 1. The molecule has 1 aliphatic carbocycles. The normalized spacial score (nSPS) is 16.1. The number of carbonyl (C=O) groups excluding carboxylic acids is 1. The molecule has 1 aliphatic heterocycles. The van der Waals surface area contributed by atoms with Gasteiger partial charge < -0.3 is 15.0 Å². The molecule has 34 heavy (non-hydrogen) atoms. The van der Waals surface area contributed by atoms with E-state index in [0.717, 1.165) is 42.7 Å². The first kappa shape index (κ1) is 22.7. The molecule has 1 N–H and O–H groups in total. The second-order valence-electron chi connectivity index (χ2n) is 8.57. The number of rotatable bonds is 8. The quantitative estimate of drug-likeness (QED) is 0.491. The summed E-state index contributed by atoms with van der Waals surface area (Å²) >= 11 is 1.53. The summed E-state index contributed by atoms with van der Waals surface area (Å²) in [5.74, 6) is 1.27. The third-order valence-electron chi connectivity index (χ3n) is 6.23. The molecular weight excluding hydrogens is 454 g/mol. The maximum absolute atomic E-state index is 13.0. The molecule has 180 valence electrons. The molecule has 0 spiro atoms. The van der Waals surface area contributed by atoms with Crippen LogP contribution in [-0.2, 0) is 16.6 Å². The number of hydrogen-bond acceptors (Lipinski definition) is 7. The lowest BCUT2D eigenvalue weighted by Crippen LogP contribution is -2.38. The molecule has 10 nitrogen and oxygen atoms in total. The Bertz CT molecular complexity index is 1220. The lowest BCUT2D eigenvalue weighted by Gasteiger charge is -2.27. The van der Waals surface area contributed by atoms with Crippen LogP contribution in [0.3, 0.4) is 0 Å². The number of nitrogens with one attached hydrogen (secondary N) is 1. The van der Waals surface area contributed by atoms with Crippen molar-refractivity contribution in [2.24, 2.45) is 7.05 Å². The van der Waals surface area contributed by atoms with Crippen LogP contribution in [0.4, 0.5) is 11.6 Å². The van der Waals surface area contributed by atoms with Crippen LogP contribution in [0.15, 0.2) is 40.3 Å². The number of morpholine rings is 1. The van der Waals surface area contributed by atoms with E-state index < -0.39 is 0 Å². The van der Waals surface area contributed by atoms with Gasteiger partial charge in [-0.1, -0.05) is 30.0 Å². The minimum atomic E-state index is -0.240. The number of anilines is 2. The van der Waals surface area contributed by atoms with E-state index in [2.05, 4.69) is 25.0 Å². The lowest BCUT2D eigenvalue weighted by atomic mass is 10.3. The number of aromatic nitrogens is 5. The molecule has 1 saturated heterocycles. The largest absolute Gasteiger partial charge is 0.378 e. The zero-order valence-electron chi connectivity index (χ0n) is 19.4. The van der Waals surface area contributed by atoms with Crippen LogP contribution in [0.2, 0.25) is 0 Å². The Morgan fingerprint density at radius 3 is 2.62 bits per heavy atom. The summed E-state index contributed by atoms with van der Waals surface area (Å²) in [6.45, 7) is 4.86. The van der Waals surface area contributed by atoms with Gasteiger partial charge in [0.15, 0.2) is 5.16 Å². The number of hydrogen-bond donors (Lipinski definition) is 1. The zero-order valence-corrected chi connectivity index (χ0v) is 20.3. The van der Waals surface area contributed by atoms with Crippen molar-refractivity contribution in [2.45, 2.75) is 37.4 Å². The minimum Gasteiger partial charge on any atom is -0.378 e. The Hall–Kier alpha value is -3.05. The topological polar surface area (TPSA) is 99.2 Å². The number of thioether (sulfide) groups is 1. The smallest absolute Gasteiger partial charge is 0.295 e. The predicted octanol–water partition coefficient (Wildman–Crippen LogP) is 2.37. The average molecular weight is 484 g/mol. The van der Waals surface area contributed by atoms with Gasteiger partial charge in [0.05, 0.1) is 24.6 Å². The first-order chi connectivity index (χ1) is 16.5. The highest BCUT2D eigenvalue weighted by atomic mass is 32.2. The number of benzene rings is 1. The Morgan fingerprint density at radius 2 is 1.91 bits per heavy atom. The van der Waals surface area contributed by atoms with E-state index in [1.54, 1.807) is 9.36 Å². The fraction of sp³-hybridized carbons (Fsp3) is 0.478. The van der Waals surface area contributed by atoms with E-state index in [1.165, 1.54) is 11.8 Å². The van der Waals surface area contributed by atoms with E-state index in [1.807, 2.05) is 44.3 Å². The molecule has 0 atom stereocenters. The number of ether oxygens (including phenoxy) is 1. The van der Waals surface area contributed by atoms with Gasteiger partial charge in [-0.25, -0.2) is 4.68 Å². The fourth-order valence-electron chi connectivity index (χ4n) is 4.15. The summed E-state index contributed by atoms with van der Waals surface area (Å²) in [4.78, 5) is 27.9. The van der Waals surface area contributed by atoms with E-state index in [9.17, 15) is 9.59 Å². The molecule has 0 bridgehead atoms. The Kier molecular flexibility index (Phi) is 6.46. The van der Waals surface area contributed by atoms with Gasteiger partial charge in [-0.05, 0) is 31.9 Å². The molecule has 0 radical (unpaired) electrons. The number of amides is 1. The zero-order chi connectivity index (χ0) is 23.7. The minimum absolute atomic E-state index is 0.190. The molecule has 1 amide bonds. The van der Waals surface area contributed by atoms with Crippen molar-refractivity contribution < 1.29 is 9.53 Å². The van der Waals surface area contributed by atoms with E-state index >= 15 is 0 Å². The maximum Gasteiger partial charge on any atom is 0.295 e. The van der Waals surface area contributed by atoms with Crippen LogP contribution in [0.25, 0.3) is 5.69 Å².